The number of hydrogen-bond donors (Lipinski definition) is 2. The minimum atomic E-state index is -0.282. The van der Waals surface area contributed by atoms with Gasteiger partial charge in [0.15, 0.2) is 0 Å². The molecule has 1 aromatic heterocycles. The van der Waals surface area contributed by atoms with E-state index in [-0.39, 0.29) is 12.1 Å². The van der Waals surface area contributed by atoms with E-state index in [0.29, 0.717) is 26.2 Å². The first-order valence-electron chi connectivity index (χ1n) is 9.87. The van der Waals surface area contributed by atoms with Gasteiger partial charge >= 0.3 is 6.03 Å². The second-order valence-corrected chi connectivity index (χ2v) is 7.09. The van der Waals surface area contributed by atoms with Crippen LogP contribution >= 0.6 is 0 Å². The second-order valence-electron chi connectivity index (χ2n) is 7.09. The Hall–Kier alpha value is -1.90. The van der Waals surface area contributed by atoms with Crippen LogP contribution in [0.1, 0.15) is 19.0 Å². The molecule has 0 saturated carbocycles. The molecule has 2 fully saturated rings. The van der Waals surface area contributed by atoms with Crippen molar-refractivity contribution in [1.82, 2.24) is 20.1 Å². The number of carbonyl (C=O) groups is 1. The van der Waals surface area contributed by atoms with Crippen LogP contribution in [-0.2, 0) is 11.3 Å². The van der Waals surface area contributed by atoms with Crippen LogP contribution in [0.2, 0.25) is 0 Å². The number of carbonyl (C=O) groups excluding carboxylic acids is 1. The number of amides is 2. The summed E-state index contributed by atoms with van der Waals surface area (Å²) in [5, 5.41) is 12.7. The number of nitrogens with one attached hydrogen (secondary N) is 1. The van der Waals surface area contributed by atoms with Crippen molar-refractivity contribution in [2.24, 2.45) is 0 Å². The average Bonchev–Trinajstić information content (AvgIpc) is 2.73. The molecule has 2 aliphatic rings. The highest BCUT2D eigenvalue weighted by Crippen LogP contribution is 2.13. The summed E-state index contributed by atoms with van der Waals surface area (Å²) in [7, 11) is 0. The van der Waals surface area contributed by atoms with E-state index in [2.05, 4.69) is 20.1 Å². The van der Waals surface area contributed by atoms with Gasteiger partial charge in [-0.05, 0) is 18.6 Å². The third-order valence-corrected chi connectivity index (χ3v) is 5.15. The van der Waals surface area contributed by atoms with Gasteiger partial charge in [-0.2, -0.15) is 0 Å². The quantitative estimate of drug-likeness (QED) is 0.752. The topological polar surface area (TPSA) is 81.2 Å². The van der Waals surface area contributed by atoms with Gasteiger partial charge in [-0.25, -0.2) is 9.78 Å². The summed E-state index contributed by atoms with van der Waals surface area (Å²) in [6.07, 6.45) is 0.479. The maximum absolute atomic E-state index is 12.4. The number of aromatic nitrogens is 1. The van der Waals surface area contributed by atoms with Crippen molar-refractivity contribution in [2.45, 2.75) is 26.0 Å². The SMILES string of the molecule is CCC(O)CN1CCN(C(=O)NCc2cccc(N3CCOCC3)n2)CC1. The Morgan fingerprint density at radius 2 is 1.96 bits per heavy atom. The molecule has 3 heterocycles. The third-order valence-electron chi connectivity index (χ3n) is 5.15. The number of anilines is 1. The number of ether oxygens (including phenoxy) is 1. The van der Waals surface area contributed by atoms with Gasteiger partial charge in [0.25, 0.3) is 0 Å². The Balaban J connectivity index is 1.44. The number of hydrogen-bond acceptors (Lipinski definition) is 6. The van der Waals surface area contributed by atoms with Crippen LogP contribution in [0.5, 0.6) is 0 Å². The number of rotatable bonds is 6. The fourth-order valence-corrected chi connectivity index (χ4v) is 3.37. The molecule has 2 aliphatic heterocycles. The first kappa shape index (κ1) is 19.9. The summed E-state index contributed by atoms with van der Waals surface area (Å²) < 4.78 is 5.38. The molecule has 0 spiro atoms. The molecule has 2 amide bonds. The number of piperazine rings is 1. The minimum Gasteiger partial charge on any atom is -0.392 e. The molecule has 0 aliphatic carbocycles. The van der Waals surface area contributed by atoms with Gasteiger partial charge in [-0.1, -0.05) is 13.0 Å². The van der Waals surface area contributed by atoms with E-state index >= 15 is 0 Å². The number of aliphatic hydroxyl groups excluding tert-OH is 1. The lowest BCUT2D eigenvalue weighted by molar-refractivity contribution is 0.0791. The molecular formula is C19H31N5O3. The van der Waals surface area contributed by atoms with E-state index in [1.807, 2.05) is 30.0 Å². The molecule has 150 valence electrons. The van der Waals surface area contributed by atoms with Gasteiger partial charge in [-0.3, -0.25) is 4.90 Å². The van der Waals surface area contributed by atoms with Gasteiger partial charge < -0.3 is 25.0 Å². The molecule has 0 bridgehead atoms. The van der Waals surface area contributed by atoms with E-state index in [4.69, 9.17) is 4.74 Å². The fourth-order valence-electron chi connectivity index (χ4n) is 3.37. The standard InChI is InChI=1S/C19H31N5O3/c1-2-17(25)15-22-6-8-24(9-7-22)19(26)20-14-16-4-3-5-18(21-16)23-10-12-27-13-11-23/h3-5,17,25H,2,6-15H2,1H3,(H,20,26). The summed E-state index contributed by atoms with van der Waals surface area (Å²) in [5.74, 6) is 0.938. The molecule has 8 nitrogen and oxygen atoms in total. The zero-order valence-electron chi connectivity index (χ0n) is 16.1. The van der Waals surface area contributed by atoms with Gasteiger partial charge in [0.05, 0.1) is 31.6 Å². The number of urea groups is 1. The molecule has 0 radical (unpaired) electrons. The molecule has 27 heavy (non-hydrogen) atoms. The summed E-state index contributed by atoms with van der Waals surface area (Å²) in [4.78, 5) is 23.4. The third kappa shape index (κ3) is 5.79. The van der Waals surface area contributed by atoms with Crippen molar-refractivity contribution in [3.63, 3.8) is 0 Å². The van der Waals surface area contributed by atoms with E-state index in [0.717, 1.165) is 57.3 Å². The largest absolute Gasteiger partial charge is 0.392 e. The maximum Gasteiger partial charge on any atom is 0.317 e. The van der Waals surface area contributed by atoms with Gasteiger partial charge in [0, 0.05) is 45.8 Å². The molecule has 1 unspecified atom stereocenters. The normalized spacial score (nSPS) is 19.8. The lowest BCUT2D eigenvalue weighted by atomic mass is 10.2. The number of β-amino-alcohol motifs (C(OH)–C–C–N with tert-alkyl or cyclic N) is 1. The molecule has 2 N–H and O–H groups in total. The lowest BCUT2D eigenvalue weighted by Crippen LogP contribution is -2.52. The molecule has 1 aromatic rings. The molecule has 1 atom stereocenters. The highest BCUT2D eigenvalue weighted by atomic mass is 16.5. The van der Waals surface area contributed by atoms with Gasteiger partial charge in [0.1, 0.15) is 5.82 Å². The Bertz CT molecular complexity index is 601. The first-order chi connectivity index (χ1) is 13.2. The molecule has 2 saturated heterocycles. The van der Waals surface area contributed by atoms with Crippen LogP contribution in [0, 0.1) is 0 Å². The van der Waals surface area contributed by atoms with Crippen molar-refractivity contribution >= 4 is 11.8 Å². The summed E-state index contributed by atoms with van der Waals surface area (Å²) in [6, 6.07) is 5.87. The zero-order chi connectivity index (χ0) is 19.1. The highest BCUT2D eigenvalue weighted by molar-refractivity contribution is 5.74. The summed E-state index contributed by atoms with van der Waals surface area (Å²) in [5.41, 5.74) is 0.858. The number of pyridine rings is 1. The van der Waals surface area contributed by atoms with Crippen molar-refractivity contribution < 1.29 is 14.6 Å². The Morgan fingerprint density at radius 3 is 2.67 bits per heavy atom. The molecule has 8 heteroatoms. The van der Waals surface area contributed by atoms with E-state index < -0.39 is 0 Å². The van der Waals surface area contributed by atoms with Crippen molar-refractivity contribution in [3.05, 3.63) is 23.9 Å². The zero-order valence-corrected chi connectivity index (χ0v) is 16.1. The first-order valence-corrected chi connectivity index (χ1v) is 9.87. The van der Waals surface area contributed by atoms with Crippen LogP contribution in [0.25, 0.3) is 0 Å². The number of nitrogens with zero attached hydrogens (tertiary/aromatic N) is 4. The second kappa shape index (κ2) is 9.87. The maximum atomic E-state index is 12.4. The Morgan fingerprint density at radius 1 is 1.22 bits per heavy atom. The molecule has 3 rings (SSSR count). The smallest absolute Gasteiger partial charge is 0.317 e. The predicted octanol–water partition coefficient (Wildman–Crippen LogP) is 0.516. The van der Waals surface area contributed by atoms with Crippen LogP contribution in [-0.4, -0.2) is 91.1 Å². The van der Waals surface area contributed by atoms with Crippen LogP contribution in [0.3, 0.4) is 0 Å². The number of aliphatic hydroxyl groups is 1. The highest BCUT2D eigenvalue weighted by Gasteiger charge is 2.22. The van der Waals surface area contributed by atoms with Crippen molar-refractivity contribution in [1.29, 1.82) is 0 Å². The van der Waals surface area contributed by atoms with Gasteiger partial charge in [0.2, 0.25) is 0 Å². The Labute approximate surface area is 161 Å². The average molecular weight is 377 g/mol. The minimum absolute atomic E-state index is 0.0516. The van der Waals surface area contributed by atoms with Crippen LogP contribution < -0.4 is 10.2 Å². The summed E-state index contributed by atoms with van der Waals surface area (Å²) >= 11 is 0. The number of morpholine rings is 1. The molecule has 0 aromatic carbocycles. The fraction of sp³-hybridized carbons (Fsp3) is 0.684. The van der Waals surface area contributed by atoms with E-state index in [1.165, 1.54) is 0 Å². The predicted molar refractivity (Wildman–Crippen MR) is 104 cm³/mol. The molecular weight excluding hydrogens is 346 g/mol. The Kier molecular flexibility index (Phi) is 7.25. The van der Waals surface area contributed by atoms with E-state index in [1.54, 1.807) is 0 Å². The van der Waals surface area contributed by atoms with Crippen LogP contribution in [0.4, 0.5) is 10.6 Å². The van der Waals surface area contributed by atoms with E-state index in [9.17, 15) is 9.90 Å². The van der Waals surface area contributed by atoms with Crippen molar-refractivity contribution in [3.8, 4) is 0 Å². The van der Waals surface area contributed by atoms with Crippen molar-refractivity contribution in [2.75, 3.05) is 63.9 Å². The lowest BCUT2D eigenvalue weighted by Gasteiger charge is -2.35. The van der Waals surface area contributed by atoms with Crippen LogP contribution in [0.15, 0.2) is 18.2 Å². The van der Waals surface area contributed by atoms with Gasteiger partial charge in [-0.15, -0.1) is 0 Å². The monoisotopic (exact) mass is 377 g/mol. The summed E-state index contributed by atoms with van der Waals surface area (Å²) in [6.45, 7) is 9.21.